The zero-order valence-corrected chi connectivity index (χ0v) is 9.57. The van der Waals surface area contributed by atoms with Gasteiger partial charge in [0.1, 0.15) is 0 Å². The van der Waals surface area contributed by atoms with Crippen LogP contribution in [-0.4, -0.2) is 11.4 Å². The number of carbonyl (C=O) groups is 1. The van der Waals surface area contributed by atoms with E-state index in [2.05, 4.69) is 34.3 Å². The second-order valence-electron chi connectivity index (χ2n) is 1.62. The van der Waals surface area contributed by atoms with Crippen LogP contribution in [0.5, 0.6) is 0 Å². The van der Waals surface area contributed by atoms with Crippen LogP contribution in [0, 0.1) is 0 Å². The van der Waals surface area contributed by atoms with E-state index in [4.69, 9.17) is 4.89 Å². The average molecular weight is 270 g/mol. The van der Waals surface area contributed by atoms with Gasteiger partial charge in [0.25, 0.3) is 0 Å². The SMILES string of the molecule is O=CO[PH]1(OPO)OP(=O)(OS)O1. The van der Waals surface area contributed by atoms with E-state index >= 15 is 0 Å². The van der Waals surface area contributed by atoms with Gasteiger partial charge in [0.15, 0.2) is 0 Å². The van der Waals surface area contributed by atoms with Crippen LogP contribution in [0.3, 0.4) is 0 Å². The predicted octanol–water partition coefficient (Wildman–Crippen LogP) is 1.10. The van der Waals surface area contributed by atoms with Crippen molar-refractivity contribution >= 4 is 44.4 Å². The Hall–Kier alpha value is 0.710. The van der Waals surface area contributed by atoms with Gasteiger partial charge in [0.05, 0.1) is 0 Å². The molecule has 1 fully saturated rings. The van der Waals surface area contributed by atoms with Gasteiger partial charge < -0.3 is 0 Å². The van der Waals surface area contributed by atoms with Crippen LogP contribution in [0.2, 0.25) is 0 Å². The number of phosphoric acid groups is 1. The first-order chi connectivity index (χ1) is 6.10. The summed E-state index contributed by atoms with van der Waals surface area (Å²) in [5, 5.41) is 0. The van der Waals surface area contributed by atoms with Crippen LogP contribution in [0.1, 0.15) is 0 Å². The second-order valence-corrected chi connectivity index (χ2v) is 6.86. The maximum atomic E-state index is 10.9. The van der Waals surface area contributed by atoms with Crippen molar-refractivity contribution in [2.24, 2.45) is 0 Å². The Morgan fingerprint density at radius 1 is 1.62 bits per heavy atom. The molecule has 1 N–H and O–H groups in total. The Bertz CT molecular complexity index is 232. The molecule has 12 heteroatoms. The molecule has 0 aromatic carbocycles. The predicted molar refractivity (Wildman–Crippen MR) is 46.9 cm³/mol. The molecule has 1 aliphatic heterocycles. The summed E-state index contributed by atoms with van der Waals surface area (Å²) in [5.41, 5.74) is 0. The third-order valence-corrected chi connectivity index (χ3v) is 7.04. The summed E-state index contributed by atoms with van der Waals surface area (Å²) in [6, 6.07) is 0. The number of hydrogen-bond acceptors (Lipinski definition) is 9. The zero-order valence-electron chi connectivity index (χ0n) is 5.78. The molecule has 1 atom stereocenters. The normalized spacial score (nSPS) is 34.0. The molecule has 8 nitrogen and oxygen atoms in total. The van der Waals surface area contributed by atoms with Gasteiger partial charge in [-0.25, -0.2) is 0 Å². The van der Waals surface area contributed by atoms with Crippen LogP contribution in [0.25, 0.3) is 0 Å². The van der Waals surface area contributed by atoms with Crippen LogP contribution >= 0.6 is 37.9 Å². The van der Waals surface area contributed by atoms with Crippen molar-refractivity contribution in [1.82, 2.24) is 0 Å². The summed E-state index contributed by atoms with van der Waals surface area (Å²) in [4.78, 5) is 18.3. The van der Waals surface area contributed by atoms with Gasteiger partial charge in [-0.3, -0.25) is 0 Å². The Labute approximate surface area is 80.7 Å². The van der Waals surface area contributed by atoms with E-state index in [1.807, 2.05) is 0 Å². The summed E-state index contributed by atoms with van der Waals surface area (Å²) in [6.45, 7) is -0.00558. The molecule has 0 amide bonds. The first kappa shape index (κ1) is 11.8. The summed E-state index contributed by atoms with van der Waals surface area (Å²) in [5.74, 6) is 0. The average Bonchev–Trinajstić information content (AvgIpc) is 2.03. The number of carbonyl (C=O) groups excluding carboxylic acids is 1. The molecule has 0 radical (unpaired) electrons. The number of rotatable bonds is 5. The van der Waals surface area contributed by atoms with Crippen LogP contribution < -0.4 is 0 Å². The van der Waals surface area contributed by atoms with Crippen molar-refractivity contribution in [3.8, 4) is 0 Å². The molecule has 1 heterocycles. The van der Waals surface area contributed by atoms with E-state index in [0.717, 1.165) is 0 Å². The standard InChI is InChI=1S/CH5O8P3S/c2-1-5-12(6-10-3)7-11(4,8-12)9-13/h1,3,10,12-13H. The van der Waals surface area contributed by atoms with Crippen molar-refractivity contribution in [3.63, 3.8) is 0 Å². The molecule has 1 rings (SSSR count). The van der Waals surface area contributed by atoms with Crippen molar-refractivity contribution in [1.29, 1.82) is 0 Å². The molecule has 0 bridgehead atoms. The molecule has 1 saturated heterocycles. The Balaban J connectivity index is 2.56. The van der Waals surface area contributed by atoms with Gasteiger partial charge in [0.2, 0.25) is 0 Å². The number of hydrogen-bond donors (Lipinski definition) is 2. The minimum absolute atomic E-state index is 0.00558. The van der Waals surface area contributed by atoms with Gasteiger partial charge in [-0.15, -0.1) is 0 Å². The zero-order chi connectivity index (χ0) is 9.95. The van der Waals surface area contributed by atoms with Gasteiger partial charge in [-0.2, -0.15) is 0 Å². The van der Waals surface area contributed by atoms with Crippen LogP contribution in [0.4, 0.5) is 0 Å². The Morgan fingerprint density at radius 2 is 2.23 bits per heavy atom. The minimum atomic E-state index is -3.74. The summed E-state index contributed by atoms with van der Waals surface area (Å²) < 4.78 is 32.6. The van der Waals surface area contributed by atoms with Crippen molar-refractivity contribution in [3.05, 3.63) is 0 Å². The van der Waals surface area contributed by atoms with Crippen LogP contribution in [-0.2, 0) is 30.8 Å². The Kier molecular flexibility index (Phi) is 4.07. The van der Waals surface area contributed by atoms with E-state index in [-0.39, 0.29) is 6.47 Å². The topological polar surface area (TPSA) is 101 Å². The van der Waals surface area contributed by atoms with E-state index in [1.165, 1.54) is 0 Å². The Morgan fingerprint density at radius 3 is 2.62 bits per heavy atom. The first-order valence-corrected chi connectivity index (χ1v) is 6.94. The van der Waals surface area contributed by atoms with E-state index in [0.29, 0.717) is 0 Å². The fourth-order valence-corrected chi connectivity index (χ4v) is 5.72. The molecule has 0 saturated carbocycles. The van der Waals surface area contributed by atoms with Gasteiger partial charge in [-0.05, 0) is 0 Å². The molecule has 1 aliphatic rings. The summed E-state index contributed by atoms with van der Waals surface area (Å²) in [6.07, 6.45) is 0. The third kappa shape index (κ3) is 2.59. The van der Waals surface area contributed by atoms with Crippen molar-refractivity contribution in [2.45, 2.75) is 0 Å². The quantitative estimate of drug-likeness (QED) is 0.331. The van der Waals surface area contributed by atoms with Crippen LogP contribution in [0.15, 0.2) is 0 Å². The monoisotopic (exact) mass is 270 g/mol. The van der Waals surface area contributed by atoms with Gasteiger partial charge in [-0.1, -0.05) is 0 Å². The molecular weight excluding hydrogens is 265 g/mol. The molecule has 0 aromatic heterocycles. The fraction of sp³-hybridized carbons (Fsp3) is 0. The number of thiol groups is 1. The molecule has 0 spiro atoms. The maximum absolute atomic E-state index is 10.9. The van der Waals surface area contributed by atoms with Crippen molar-refractivity contribution < 1.29 is 35.7 Å². The fourth-order valence-electron chi connectivity index (χ4n) is 0.533. The third-order valence-electron chi connectivity index (χ3n) is 0.910. The molecular formula is CH5O8P3S. The summed E-state index contributed by atoms with van der Waals surface area (Å²) in [7, 11) is -8.51. The van der Waals surface area contributed by atoms with Gasteiger partial charge in [0, 0.05) is 0 Å². The summed E-state index contributed by atoms with van der Waals surface area (Å²) >= 11 is 3.20. The van der Waals surface area contributed by atoms with Crippen molar-refractivity contribution in [2.75, 3.05) is 0 Å². The van der Waals surface area contributed by atoms with E-state index in [1.54, 1.807) is 0 Å². The molecule has 1 unspecified atom stereocenters. The molecule has 78 valence electrons. The molecule has 0 aromatic rings. The van der Waals surface area contributed by atoms with E-state index in [9.17, 15) is 9.36 Å². The molecule has 0 aliphatic carbocycles. The first-order valence-electron chi connectivity index (χ1n) is 2.63. The second kappa shape index (κ2) is 4.49. The van der Waals surface area contributed by atoms with E-state index < -0.39 is 25.0 Å². The van der Waals surface area contributed by atoms with Gasteiger partial charge >= 0.3 is 80.1 Å². The molecule has 13 heavy (non-hydrogen) atoms.